The molecule has 5 nitrogen and oxygen atoms in total. The molecule has 8 heteroatoms. The second-order valence-corrected chi connectivity index (χ2v) is 7.79. The molecule has 0 aliphatic rings. The molecule has 0 radical (unpaired) electrons. The summed E-state index contributed by atoms with van der Waals surface area (Å²) in [5, 5.41) is 7.39. The maximum absolute atomic E-state index is 11.9. The van der Waals surface area contributed by atoms with Gasteiger partial charge in [0.05, 0.1) is 28.8 Å². The smallest absolute Gasteiger partial charge is 0.230 e. The largest absolute Gasteiger partial charge is 0.445 e. The first kappa shape index (κ1) is 16.2. The van der Waals surface area contributed by atoms with E-state index in [1.54, 1.807) is 35.5 Å². The molecule has 3 aromatic rings. The number of anilines is 1. The maximum Gasteiger partial charge on any atom is 0.230 e. The van der Waals surface area contributed by atoms with Gasteiger partial charge in [-0.25, -0.2) is 9.97 Å². The zero-order valence-corrected chi connectivity index (χ0v) is 14.9. The first-order valence-electron chi connectivity index (χ1n) is 7.06. The highest BCUT2D eigenvalue weighted by Crippen LogP contribution is 2.30. The van der Waals surface area contributed by atoms with Crippen LogP contribution >= 0.6 is 34.4 Å². The number of rotatable bonds is 7. The number of nitrogens with one attached hydrogen (secondary N) is 1. The average molecular weight is 366 g/mol. The van der Waals surface area contributed by atoms with Crippen molar-refractivity contribution in [3.63, 3.8) is 0 Å². The molecule has 3 heterocycles. The Labute approximate surface area is 146 Å². The molecule has 120 valence electrons. The van der Waals surface area contributed by atoms with Crippen LogP contribution in [-0.4, -0.2) is 15.9 Å². The quantitative estimate of drug-likeness (QED) is 0.635. The fraction of sp³-hybridized carbons (Fsp3) is 0.267. The highest BCUT2D eigenvalue weighted by atomic mass is 32.2. The third-order valence-electron chi connectivity index (χ3n) is 2.96. The third kappa shape index (κ3) is 4.66. The monoisotopic (exact) mass is 365 g/mol. The second-order valence-electron chi connectivity index (χ2n) is 4.70. The summed E-state index contributed by atoms with van der Waals surface area (Å²) in [5.74, 6) is 2.22. The molecule has 1 amide bonds. The lowest BCUT2D eigenvalue weighted by molar-refractivity contribution is -0.115. The van der Waals surface area contributed by atoms with Crippen molar-refractivity contribution < 1.29 is 9.21 Å². The Morgan fingerprint density at radius 3 is 3.04 bits per heavy atom. The highest BCUT2D eigenvalue weighted by molar-refractivity contribution is 8.00. The predicted octanol–water partition coefficient (Wildman–Crippen LogP) is 4.23. The number of oxazole rings is 1. The summed E-state index contributed by atoms with van der Waals surface area (Å²) in [6.07, 6.45) is 4.75. The summed E-state index contributed by atoms with van der Waals surface area (Å²) in [7, 11) is 0. The lowest BCUT2D eigenvalue weighted by atomic mass is 10.2. The Morgan fingerprint density at radius 2 is 2.30 bits per heavy atom. The Kier molecular flexibility index (Phi) is 5.47. The van der Waals surface area contributed by atoms with Gasteiger partial charge in [0, 0.05) is 6.42 Å². The second kappa shape index (κ2) is 7.76. The first-order valence-corrected chi connectivity index (χ1v) is 9.80. The lowest BCUT2D eigenvalue weighted by Gasteiger charge is -1.99. The van der Waals surface area contributed by atoms with E-state index in [0.717, 1.165) is 22.0 Å². The van der Waals surface area contributed by atoms with Gasteiger partial charge in [-0.2, -0.15) is 11.3 Å². The van der Waals surface area contributed by atoms with Gasteiger partial charge in [-0.3, -0.25) is 4.79 Å². The van der Waals surface area contributed by atoms with Gasteiger partial charge >= 0.3 is 0 Å². The van der Waals surface area contributed by atoms with Crippen molar-refractivity contribution in [2.75, 3.05) is 5.32 Å². The van der Waals surface area contributed by atoms with E-state index in [2.05, 4.69) is 15.3 Å². The fourth-order valence-corrected chi connectivity index (χ4v) is 4.25. The van der Waals surface area contributed by atoms with E-state index in [9.17, 15) is 4.79 Å². The normalized spacial score (nSPS) is 10.8. The number of nitrogens with zero attached hydrogens (tertiary/aromatic N) is 2. The van der Waals surface area contributed by atoms with E-state index in [-0.39, 0.29) is 5.91 Å². The summed E-state index contributed by atoms with van der Waals surface area (Å²) < 4.78 is 6.59. The van der Waals surface area contributed by atoms with Crippen molar-refractivity contribution in [3.05, 3.63) is 46.4 Å². The summed E-state index contributed by atoms with van der Waals surface area (Å²) in [4.78, 5) is 20.4. The van der Waals surface area contributed by atoms with E-state index in [1.807, 2.05) is 23.8 Å². The predicted molar refractivity (Wildman–Crippen MR) is 94.2 cm³/mol. The number of thiazole rings is 1. The third-order valence-corrected chi connectivity index (χ3v) is 5.79. The van der Waals surface area contributed by atoms with Crippen LogP contribution in [0.25, 0.3) is 0 Å². The molecule has 0 saturated heterocycles. The number of aryl methyl sites for hydroxylation is 1. The average Bonchev–Trinajstić information content (AvgIpc) is 3.26. The minimum absolute atomic E-state index is 0.0467. The number of thioether (sulfide) groups is 1. The molecule has 0 aromatic carbocycles. The van der Waals surface area contributed by atoms with Crippen molar-refractivity contribution in [1.29, 1.82) is 0 Å². The molecule has 0 fully saturated rings. The molecule has 3 aromatic heterocycles. The van der Waals surface area contributed by atoms with Gasteiger partial charge in [0.25, 0.3) is 0 Å². The van der Waals surface area contributed by atoms with Crippen LogP contribution < -0.4 is 5.32 Å². The molecule has 23 heavy (non-hydrogen) atoms. The molecule has 0 atom stereocenters. The van der Waals surface area contributed by atoms with Gasteiger partial charge in [0.1, 0.15) is 5.76 Å². The van der Waals surface area contributed by atoms with Gasteiger partial charge in [0.15, 0.2) is 5.13 Å². The van der Waals surface area contributed by atoms with E-state index in [4.69, 9.17) is 4.42 Å². The molecular formula is C15H15N3O2S3. The van der Waals surface area contributed by atoms with Crippen LogP contribution in [0.1, 0.15) is 24.1 Å². The lowest BCUT2D eigenvalue weighted by Crippen LogP contribution is -2.13. The molecular weight excluding hydrogens is 350 g/mol. The zero-order chi connectivity index (χ0) is 16.1. The number of amides is 1. The van der Waals surface area contributed by atoms with Crippen LogP contribution in [0.4, 0.5) is 5.13 Å². The van der Waals surface area contributed by atoms with Gasteiger partial charge in [-0.15, -0.1) is 11.8 Å². The Balaban J connectivity index is 1.50. The number of aromatic nitrogens is 2. The Hall–Kier alpha value is -1.64. The van der Waals surface area contributed by atoms with Crippen molar-refractivity contribution in [3.8, 4) is 0 Å². The van der Waals surface area contributed by atoms with E-state index >= 15 is 0 Å². The number of hydrogen-bond acceptors (Lipinski definition) is 7. The fourth-order valence-electron chi connectivity index (χ4n) is 1.84. The van der Waals surface area contributed by atoms with E-state index < -0.39 is 0 Å². The Bertz CT molecular complexity index is 765. The molecule has 0 saturated carbocycles. The van der Waals surface area contributed by atoms with Crippen molar-refractivity contribution in [1.82, 2.24) is 9.97 Å². The summed E-state index contributed by atoms with van der Waals surface area (Å²) in [5.41, 5.74) is 1.02. The SMILES string of the molecule is CCc1cnc(CSc2cnc(NC(=O)Cc3ccsc3)s2)o1. The topological polar surface area (TPSA) is 68.0 Å². The van der Waals surface area contributed by atoms with Gasteiger partial charge < -0.3 is 9.73 Å². The van der Waals surface area contributed by atoms with Crippen LogP contribution in [0.15, 0.2) is 37.8 Å². The number of carbonyl (C=O) groups is 1. The molecule has 1 N–H and O–H groups in total. The summed E-state index contributed by atoms with van der Waals surface area (Å²) in [6, 6.07) is 1.95. The molecule has 0 unspecified atom stereocenters. The standard InChI is InChI=1S/C15H15N3O2S3/c1-2-11-6-16-13(20-11)9-22-14-7-17-15(23-14)18-12(19)5-10-3-4-21-8-10/h3-4,6-8H,2,5,9H2,1H3,(H,17,18,19). The highest BCUT2D eigenvalue weighted by Gasteiger charge is 2.10. The number of thiophene rings is 1. The van der Waals surface area contributed by atoms with Gasteiger partial charge in [-0.05, 0) is 22.4 Å². The van der Waals surface area contributed by atoms with Crippen molar-refractivity contribution in [2.45, 2.75) is 29.7 Å². The number of carbonyl (C=O) groups excluding carboxylic acids is 1. The molecule has 0 aliphatic heterocycles. The van der Waals surface area contributed by atoms with E-state index in [1.165, 1.54) is 11.3 Å². The molecule has 3 rings (SSSR count). The van der Waals surface area contributed by atoms with Crippen LogP contribution in [0.5, 0.6) is 0 Å². The van der Waals surface area contributed by atoms with Gasteiger partial charge in [0.2, 0.25) is 11.8 Å². The summed E-state index contributed by atoms with van der Waals surface area (Å²) >= 11 is 4.65. The zero-order valence-electron chi connectivity index (χ0n) is 12.4. The first-order chi connectivity index (χ1) is 11.2. The molecule has 0 aliphatic carbocycles. The van der Waals surface area contributed by atoms with Crippen LogP contribution in [0.2, 0.25) is 0 Å². The maximum atomic E-state index is 11.9. The van der Waals surface area contributed by atoms with Crippen LogP contribution in [0.3, 0.4) is 0 Å². The van der Waals surface area contributed by atoms with Gasteiger partial charge in [-0.1, -0.05) is 18.3 Å². The minimum Gasteiger partial charge on any atom is -0.445 e. The van der Waals surface area contributed by atoms with E-state index in [0.29, 0.717) is 23.2 Å². The molecule has 0 bridgehead atoms. The summed E-state index contributed by atoms with van der Waals surface area (Å²) in [6.45, 7) is 2.03. The molecule has 0 spiro atoms. The van der Waals surface area contributed by atoms with Crippen LogP contribution in [0, 0.1) is 0 Å². The van der Waals surface area contributed by atoms with Crippen molar-refractivity contribution >= 4 is 45.5 Å². The number of hydrogen-bond donors (Lipinski definition) is 1. The minimum atomic E-state index is -0.0467. The van der Waals surface area contributed by atoms with Crippen LogP contribution in [-0.2, 0) is 23.4 Å². The van der Waals surface area contributed by atoms with Crippen molar-refractivity contribution in [2.24, 2.45) is 0 Å². The Morgan fingerprint density at radius 1 is 1.39 bits per heavy atom.